The molecule has 0 amide bonds. The Balaban J connectivity index is 4.40. The van der Waals surface area contributed by atoms with Gasteiger partial charge in [-0.2, -0.15) is 4.99 Å². The largest absolute Gasteiger partial charge is 0.479 e. The van der Waals surface area contributed by atoms with Gasteiger partial charge in [-0.1, -0.05) is 0 Å². The molecular weight excluding hydrogens is 246 g/mol. The predicted molar refractivity (Wildman–Crippen MR) is 61.8 cm³/mol. The minimum atomic E-state index is -1.61. The minimum absolute atomic E-state index is 0.322. The van der Waals surface area contributed by atoms with Crippen LogP contribution in [0.25, 0.3) is 0 Å². The van der Waals surface area contributed by atoms with Crippen LogP contribution in [0.5, 0.6) is 0 Å². The molecule has 0 fully saturated rings. The number of aliphatic hydroxyl groups excluding tert-OH is 2. The summed E-state index contributed by atoms with van der Waals surface area (Å²) < 4.78 is 4.85. The van der Waals surface area contributed by atoms with Gasteiger partial charge in [0.15, 0.2) is 12.1 Å². The van der Waals surface area contributed by atoms with Gasteiger partial charge in [0.2, 0.25) is 5.96 Å². The summed E-state index contributed by atoms with van der Waals surface area (Å²) >= 11 is 0. The fraction of sp³-hybridized carbons (Fsp3) is 0.625. The zero-order valence-corrected chi connectivity index (χ0v) is 9.78. The SMILES string of the molecule is CN(CO[C@@H](C(=O)O)[C@@H](O)CO)C(=N)N=C(N)N. The molecule has 0 heterocycles. The van der Waals surface area contributed by atoms with Crippen LogP contribution < -0.4 is 11.5 Å². The minimum Gasteiger partial charge on any atom is -0.479 e. The zero-order chi connectivity index (χ0) is 14.3. The van der Waals surface area contributed by atoms with Gasteiger partial charge in [-0.25, -0.2) is 4.79 Å². The Morgan fingerprint density at radius 2 is 2.11 bits per heavy atom. The number of carbonyl (C=O) groups is 1. The second-order valence-corrected chi connectivity index (χ2v) is 3.36. The maximum Gasteiger partial charge on any atom is 0.335 e. The Bertz CT molecular complexity index is 330. The number of hydrogen-bond donors (Lipinski definition) is 6. The summed E-state index contributed by atoms with van der Waals surface area (Å²) in [7, 11) is 1.39. The van der Waals surface area contributed by atoms with Gasteiger partial charge in [-0.15, -0.1) is 0 Å². The molecule has 0 aromatic rings. The van der Waals surface area contributed by atoms with Gasteiger partial charge in [0.25, 0.3) is 0 Å². The summed E-state index contributed by atoms with van der Waals surface area (Å²) in [4.78, 5) is 15.2. The number of carboxylic acid groups (broad SMARTS) is 1. The first-order chi connectivity index (χ1) is 8.29. The van der Waals surface area contributed by atoms with Crippen LogP contribution in [0.15, 0.2) is 4.99 Å². The normalized spacial score (nSPS) is 13.5. The van der Waals surface area contributed by atoms with Crippen molar-refractivity contribution < 1.29 is 24.9 Å². The summed E-state index contributed by atoms with van der Waals surface area (Å²) in [5, 5.41) is 33.9. The molecule has 0 radical (unpaired) electrons. The number of hydrogen-bond acceptors (Lipinski definition) is 5. The maximum absolute atomic E-state index is 10.7. The van der Waals surface area contributed by atoms with Crippen molar-refractivity contribution in [2.45, 2.75) is 12.2 Å². The third-order valence-corrected chi connectivity index (χ3v) is 1.82. The number of carboxylic acids is 1. The molecule has 0 spiro atoms. The molecule has 0 bridgehead atoms. The van der Waals surface area contributed by atoms with E-state index in [2.05, 4.69) is 4.99 Å². The molecule has 0 rings (SSSR count). The van der Waals surface area contributed by atoms with Gasteiger partial charge in [0.1, 0.15) is 12.8 Å². The Kier molecular flexibility index (Phi) is 6.63. The van der Waals surface area contributed by atoms with Crippen molar-refractivity contribution in [3.63, 3.8) is 0 Å². The van der Waals surface area contributed by atoms with E-state index in [4.69, 9.17) is 31.8 Å². The standard InChI is InChI=1S/C8H17N5O5/c1-13(8(11)12-7(9)10)3-18-5(6(16)17)4(15)2-14/h4-5,14-15H,2-3H2,1H3,(H,16,17)(H5,9,10,11,12)/t4-,5+/m0/s1. The highest BCUT2D eigenvalue weighted by atomic mass is 16.5. The average Bonchev–Trinajstić information content (AvgIpc) is 2.27. The second-order valence-electron chi connectivity index (χ2n) is 3.36. The van der Waals surface area contributed by atoms with Gasteiger partial charge >= 0.3 is 5.97 Å². The van der Waals surface area contributed by atoms with Crippen molar-refractivity contribution in [2.75, 3.05) is 20.4 Å². The van der Waals surface area contributed by atoms with Gasteiger partial charge in [0.05, 0.1) is 6.61 Å². The van der Waals surface area contributed by atoms with Gasteiger partial charge in [-0.05, 0) is 0 Å². The molecule has 8 N–H and O–H groups in total. The lowest BCUT2D eigenvalue weighted by Gasteiger charge is -2.22. The van der Waals surface area contributed by atoms with Gasteiger partial charge in [-0.3, -0.25) is 5.41 Å². The van der Waals surface area contributed by atoms with Gasteiger partial charge < -0.3 is 36.4 Å². The summed E-state index contributed by atoms with van der Waals surface area (Å²) in [5.41, 5.74) is 10.1. The van der Waals surface area contributed by atoms with Crippen molar-refractivity contribution >= 4 is 17.9 Å². The Hall–Kier alpha value is -1.91. The van der Waals surface area contributed by atoms with Crippen molar-refractivity contribution in [1.29, 1.82) is 5.41 Å². The van der Waals surface area contributed by atoms with E-state index in [1.165, 1.54) is 7.05 Å². The Morgan fingerprint density at radius 1 is 1.56 bits per heavy atom. The first-order valence-electron chi connectivity index (χ1n) is 4.82. The van der Waals surface area contributed by atoms with Crippen LogP contribution in [0.1, 0.15) is 0 Å². The number of nitrogens with zero attached hydrogens (tertiary/aromatic N) is 2. The van der Waals surface area contributed by atoms with E-state index in [1.54, 1.807) is 0 Å². The van der Waals surface area contributed by atoms with Crippen LogP contribution in [0.3, 0.4) is 0 Å². The molecule has 0 saturated heterocycles. The van der Waals surface area contributed by atoms with Gasteiger partial charge in [0, 0.05) is 7.05 Å². The first kappa shape index (κ1) is 16.1. The molecule has 10 heteroatoms. The summed E-state index contributed by atoms with van der Waals surface area (Å²) in [6.45, 7) is -1.10. The van der Waals surface area contributed by atoms with E-state index in [9.17, 15) is 9.90 Å². The monoisotopic (exact) mass is 263 g/mol. The number of rotatable bonds is 6. The lowest BCUT2D eigenvalue weighted by atomic mass is 10.2. The number of nitrogens with two attached hydrogens (primary N) is 2. The van der Waals surface area contributed by atoms with Crippen LogP contribution in [0.2, 0.25) is 0 Å². The quantitative estimate of drug-likeness (QED) is 0.166. The summed E-state index contributed by atoms with van der Waals surface area (Å²) in [5.74, 6) is -2.09. The average molecular weight is 263 g/mol. The first-order valence-corrected chi connectivity index (χ1v) is 4.82. The number of nitrogens with one attached hydrogen (secondary N) is 1. The van der Waals surface area contributed by atoms with E-state index in [0.29, 0.717) is 0 Å². The number of aliphatic imine (C=N–C) groups is 1. The summed E-state index contributed by atoms with van der Waals surface area (Å²) in [6, 6.07) is 0. The van der Waals surface area contributed by atoms with Crippen molar-refractivity contribution in [3.8, 4) is 0 Å². The maximum atomic E-state index is 10.7. The Morgan fingerprint density at radius 3 is 2.50 bits per heavy atom. The highest BCUT2D eigenvalue weighted by molar-refractivity contribution is 5.91. The van der Waals surface area contributed by atoms with E-state index in [-0.39, 0.29) is 18.6 Å². The fourth-order valence-corrected chi connectivity index (χ4v) is 0.904. The van der Waals surface area contributed by atoms with Crippen LogP contribution in [0.4, 0.5) is 0 Å². The molecule has 10 nitrogen and oxygen atoms in total. The molecule has 104 valence electrons. The van der Waals surface area contributed by atoms with Crippen LogP contribution in [0, 0.1) is 5.41 Å². The van der Waals surface area contributed by atoms with E-state index in [1.807, 2.05) is 0 Å². The smallest absolute Gasteiger partial charge is 0.335 e. The lowest BCUT2D eigenvalue weighted by Crippen LogP contribution is -2.42. The molecule has 0 aromatic carbocycles. The van der Waals surface area contributed by atoms with Crippen molar-refractivity contribution in [3.05, 3.63) is 0 Å². The molecule has 0 aliphatic carbocycles. The Labute approximate surface area is 103 Å². The highest BCUT2D eigenvalue weighted by Gasteiger charge is 2.27. The zero-order valence-electron chi connectivity index (χ0n) is 9.78. The molecule has 0 unspecified atom stereocenters. The van der Waals surface area contributed by atoms with Crippen LogP contribution in [-0.4, -0.2) is 70.7 Å². The number of ether oxygens (including phenoxy) is 1. The summed E-state index contributed by atoms with van der Waals surface area (Å²) in [6.07, 6.45) is -3.17. The molecule has 18 heavy (non-hydrogen) atoms. The molecule has 2 atom stereocenters. The number of aliphatic carboxylic acids is 1. The predicted octanol–water partition coefficient (Wildman–Crippen LogP) is -3.09. The molecule has 0 aliphatic heterocycles. The highest BCUT2D eigenvalue weighted by Crippen LogP contribution is 2.01. The lowest BCUT2D eigenvalue weighted by molar-refractivity contribution is -0.163. The van der Waals surface area contributed by atoms with Crippen molar-refractivity contribution in [2.24, 2.45) is 16.5 Å². The number of aliphatic hydroxyl groups is 2. The van der Waals surface area contributed by atoms with Crippen LogP contribution >= 0.6 is 0 Å². The van der Waals surface area contributed by atoms with E-state index in [0.717, 1.165) is 4.90 Å². The topological polar surface area (TPSA) is 178 Å². The molecule has 0 aliphatic rings. The van der Waals surface area contributed by atoms with Crippen LogP contribution in [-0.2, 0) is 9.53 Å². The fourth-order valence-electron chi connectivity index (χ4n) is 0.904. The third kappa shape index (κ3) is 5.43. The number of guanidine groups is 2. The molecular formula is C8H17N5O5. The van der Waals surface area contributed by atoms with Crippen molar-refractivity contribution in [1.82, 2.24) is 4.90 Å². The van der Waals surface area contributed by atoms with E-state index < -0.39 is 24.8 Å². The van der Waals surface area contributed by atoms with E-state index >= 15 is 0 Å². The third-order valence-electron chi connectivity index (χ3n) is 1.82. The molecule has 0 saturated carbocycles. The molecule has 0 aromatic heterocycles. The second kappa shape index (κ2) is 7.42.